The molecule has 0 amide bonds. The van der Waals surface area contributed by atoms with Gasteiger partial charge in [-0.2, -0.15) is 12.6 Å². The summed E-state index contributed by atoms with van der Waals surface area (Å²) in [6.07, 6.45) is 5.05. The number of nitrogens with zero attached hydrogens (tertiary/aromatic N) is 2. The monoisotopic (exact) mass is 280 g/mol. The van der Waals surface area contributed by atoms with Crippen LogP contribution in [0.4, 0.5) is 0 Å². The first-order valence-electron chi connectivity index (χ1n) is 5.04. The molecule has 0 spiro atoms. The average Bonchev–Trinajstić information content (AvgIpc) is 2.61. The number of hydrogen-bond donors (Lipinski definition) is 1. The predicted molar refractivity (Wildman–Crippen MR) is 76.1 cm³/mol. The lowest BCUT2D eigenvalue weighted by molar-refractivity contribution is 0.287. The van der Waals surface area contributed by atoms with Crippen LogP contribution in [0, 0.1) is 5.92 Å². The zero-order chi connectivity index (χ0) is 9.97. The molecule has 1 aromatic rings. The quantitative estimate of drug-likeness (QED) is 0.839. The summed E-state index contributed by atoms with van der Waals surface area (Å²) in [5, 5.41) is 0. The van der Waals surface area contributed by atoms with Gasteiger partial charge in [0.2, 0.25) is 0 Å². The summed E-state index contributed by atoms with van der Waals surface area (Å²) in [5.74, 6) is 1.64. The van der Waals surface area contributed by atoms with E-state index in [9.17, 15) is 0 Å². The molecule has 0 saturated carbocycles. The molecule has 0 N–H and O–H groups in total. The van der Waals surface area contributed by atoms with Crippen LogP contribution in [0.25, 0.3) is 0 Å². The number of aromatic nitrogens is 1. The molecule has 92 valence electrons. The zero-order valence-electron chi connectivity index (χ0n) is 9.24. The highest BCUT2D eigenvalue weighted by molar-refractivity contribution is 7.80. The van der Waals surface area contributed by atoms with Gasteiger partial charge >= 0.3 is 0 Å². The number of halogens is 2. The van der Waals surface area contributed by atoms with E-state index in [2.05, 4.69) is 35.6 Å². The van der Waals surface area contributed by atoms with Crippen LogP contribution in [0.1, 0.15) is 18.0 Å². The molecule has 2 atom stereocenters. The van der Waals surface area contributed by atoms with Crippen LogP contribution in [0.2, 0.25) is 0 Å². The van der Waals surface area contributed by atoms with E-state index in [4.69, 9.17) is 0 Å². The Morgan fingerprint density at radius 2 is 2.25 bits per heavy atom. The second-order valence-electron chi connectivity index (χ2n) is 3.94. The van der Waals surface area contributed by atoms with Crippen molar-refractivity contribution in [2.45, 2.75) is 12.5 Å². The molecule has 1 fully saturated rings. The number of pyridine rings is 1. The van der Waals surface area contributed by atoms with Gasteiger partial charge in [-0.3, -0.25) is 9.88 Å². The maximum atomic E-state index is 4.42. The van der Waals surface area contributed by atoms with Crippen molar-refractivity contribution in [1.29, 1.82) is 0 Å². The van der Waals surface area contributed by atoms with E-state index in [0.29, 0.717) is 12.0 Å². The molecule has 0 unspecified atom stereocenters. The third-order valence-corrected chi connectivity index (χ3v) is 3.50. The van der Waals surface area contributed by atoms with Crippen molar-refractivity contribution in [3.8, 4) is 0 Å². The second-order valence-corrected chi connectivity index (χ2v) is 4.31. The smallest absolute Gasteiger partial charge is 0.0396 e. The summed E-state index contributed by atoms with van der Waals surface area (Å²) >= 11 is 4.42. The zero-order valence-corrected chi connectivity index (χ0v) is 11.8. The Kier molecular flexibility index (Phi) is 7.40. The first-order chi connectivity index (χ1) is 6.83. The van der Waals surface area contributed by atoms with Crippen molar-refractivity contribution in [1.82, 2.24) is 9.88 Å². The van der Waals surface area contributed by atoms with Crippen LogP contribution >= 0.6 is 37.4 Å². The normalized spacial score (nSPS) is 24.6. The molecule has 0 aliphatic carbocycles. The van der Waals surface area contributed by atoms with Gasteiger partial charge in [0.25, 0.3) is 0 Å². The SMILES string of the molecule is CN1CC[C@H](CS)[C@H]1c1cccnc1.Cl.Cl. The maximum Gasteiger partial charge on any atom is 0.0396 e. The minimum atomic E-state index is 0. The molecule has 2 heterocycles. The van der Waals surface area contributed by atoms with Gasteiger partial charge in [-0.1, -0.05) is 6.07 Å². The molecule has 1 aromatic heterocycles. The fourth-order valence-corrected chi connectivity index (χ4v) is 2.68. The van der Waals surface area contributed by atoms with Crippen LogP contribution in [0.5, 0.6) is 0 Å². The van der Waals surface area contributed by atoms with E-state index in [1.807, 2.05) is 18.5 Å². The summed E-state index contributed by atoms with van der Waals surface area (Å²) < 4.78 is 0. The fraction of sp³-hybridized carbons (Fsp3) is 0.545. The van der Waals surface area contributed by atoms with Gasteiger partial charge in [-0.15, -0.1) is 24.8 Å². The van der Waals surface area contributed by atoms with Gasteiger partial charge in [-0.05, 0) is 43.3 Å². The summed E-state index contributed by atoms with van der Waals surface area (Å²) in [4.78, 5) is 6.58. The first-order valence-corrected chi connectivity index (χ1v) is 5.67. The topological polar surface area (TPSA) is 16.1 Å². The second kappa shape index (κ2) is 7.38. The van der Waals surface area contributed by atoms with Crippen molar-refractivity contribution in [3.05, 3.63) is 30.1 Å². The predicted octanol–water partition coefficient (Wildman–Crippen LogP) is 2.85. The van der Waals surface area contributed by atoms with Gasteiger partial charge in [0.05, 0.1) is 0 Å². The van der Waals surface area contributed by atoms with Crippen LogP contribution in [-0.2, 0) is 0 Å². The van der Waals surface area contributed by atoms with Crippen LogP contribution in [0.3, 0.4) is 0 Å². The molecule has 5 heteroatoms. The Bertz CT molecular complexity index is 297. The highest BCUT2D eigenvalue weighted by atomic mass is 35.5. The lowest BCUT2D eigenvalue weighted by Gasteiger charge is -2.24. The number of rotatable bonds is 2. The molecular weight excluding hydrogens is 263 g/mol. The van der Waals surface area contributed by atoms with E-state index in [1.165, 1.54) is 18.5 Å². The molecule has 1 aliphatic rings. The standard InChI is InChI=1S/C11H16N2S.2ClH/c1-13-6-4-10(8-14)11(13)9-3-2-5-12-7-9;;/h2-3,5,7,10-11,14H,4,6,8H2,1H3;2*1H/t10-,11-;;/m1../s1. The summed E-state index contributed by atoms with van der Waals surface area (Å²) in [6.45, 7) is 1.17. The minimum Gasteiger partial charge on any atom is -0.299 e. The average molecular weight is 281 g/mol. The Hall–Kier alpha value is 0.0400. The third kappa shape index (κ3) is 3.27. The molecule has 1 saturated heterocycles. The Morgan fingerprint density at radius 1 is 1.50 bits per heavy atom. The van der Waals surface area contributed by atoms with Crippen molar-refractivity contribution in [2.75, 3.05) is 19.3 Å². The highest BCUT2D eigenvalue weighted by Crippen LogP contribution is 2.35. The lowest BCUT2D eigenvalue weighted by atomic mass is 9.97. The fourth-order valence-electron chi connectivity index (χ4n) is 2.30. The van der Waals surface area contributed by atoms with Gasteiger partial charge in [0.15, 0.2) is 0 Å². The number of hydrogen-bond acceptors (Lipinski definition) is 3. The van der Waals surface area contributed by atoms with Crippen LogP contribution in [0.15, 0.2) is 24.5 Å². The molecule has 1 aliphatic heterocycles. The lowest BCUT2D eigenvalue weighted by Crippen LogP contribution is -2.21. The van der Waals surface area contributed by atoms with Crippen molar-refractivity contribution in [3.63, 3.8) is 0 Å². The minimum absolute atomic E-state index is 0. The largest absolute Gasteiger partial charge is 0.299 e. The van der Waals surface area contributed by atoms with E-state index in [0.717, 1.165) is 5.75 Å². The first kappa shape index (κ1) is 16.0. The van der Waals surface area contributed by atoms with Crippen molar-refractivity contribution >= 4 is 37.4 Å². The van der Waals surface area contributed by atoms with E-state index >= 15 is 0 Å². The van der Waals surface area contributed by atoms with Gasteiger partial charge in [0, 0.05) is 18.4 Å². The Labute approximate surface area is 115 Å². The van der Waals surface area contributed by atoms with E-state index in [-0.39, 0.29) is 24.8 Å². The molecule has 2 rings (SSSR count). The van der Waals surface area contributed by atoms with Crippen molar-refractivity contribution in [2.24, 2.45) is 5.92 Å². The van der Waals surface area contributed by atoms with Crippen molar-refractivity contribution < 1.29 is 0 Å². The molecular formula is C11H18Cl2N2S. The molecule has 0 bridgehead atoms. The van der Waals surface area contributed by atoms with Gasteiger partial charge in [0.1, 0.15) is 0 Å². The van der Waals surface area contributed by atoms with Crippen LogP contribution in [-0.4, -0.2) is 29.2 Å². The van der Waals surface area contributed by atoms with E-state index in [1.54, 1.807) is 0 Å². The molecule has 2 nitrogen and oxygen atoms in total. The molecule has 16 heavy (non-hydrogen) atoms. The number of likely N-dealkylation sites (tertiary alicyclic amines) is 1. The molecule has 0 aromatic carbocycles. The highest BCUT2D eigenvalue weighted by Gasteiger charge is 2.31. The van der Waals surface area contributed by atoms with Gasteiger partial charge in [-0.25, -0.2) is 0 Å². The Balaban J connectivity index is 0.00000112. The third-order valence-electron chi connectivity index (χ3n) is 3.03. The summed E-state index contributed by atoms with van der Waals surface area (Å²) in [7, 11) is 2.18. The summed E-state index contributed by atoms with van der Waals surface area (Å²) in [6, 6.07) is 4.69. The number of thiol groups is 1. The van der Waals surface area contributed by atoms with Crippen LogP contribution < -0.4 is 0 Å². The maximum absolute atomic E-state index is 4.42. The Morgan fingerprint density at radius 3 is 2.81 bits per heavy atom. The van der Waals surface area contributed by atoms with E-state index < -0.39 is 0 Å². The van der Waals surface area contributed by atoms with Gasteiger partial charge < -0.3 is 0 Å². The molecule has 0 radical (unpaired) electrons. The summed E-state index contributed by atoms with van der Waals surface area (Å²) in [5.41, 5.74) is 1.33.